The van der Waals surface area contributed by atoms with Gasteiger partial charge in [-0.2, -0.15) is 0 Å². The minimum Gasteiger partial charge on any atom is -0.282 e. The Labute approximate surface area is 109 Å². The van der Waals surface area contributed by atoms with Gasteiger partial charge in [-0.15, -0.1) is 0 Å². The smallest absolute Gasteiger partial charge is 0.242 e. The van der Waals surface area contributed by atoms with Gasteiger partial charge >= 0.3 is 0 Å². The lowest BCUT2D eigenvalue weighted by molar-refractivity contribution is -0.127. The standard InChI is InChI=1S/C15H20N2O/c1-13(18)17(15-11-7-4-8-12-15)16(2)14-9-5-3-6-10-14/h3,5-6,9-11H,4,7-8,12H2,1-2H3. The zero-order valence-electron chi connectivity index (χ0n) is 11.1. The molecule has 0 bridgehead atoms. The summed E-state index contributed by atoms with van der Waals surface area (Å²) < 4.78 is 0. The lowest BCUT2D eigenvalue weighted by atomic mass is 10.0. The van der Waals surface area contributed by atoms with E-state index in [0.29, 0.717) is 0 Å². The monoisotopic (exact) mass is 244 g/mol. The normalized spacial score (nSPS) is 14.9. The lowest BCUT2D eigenvalue weighted by Gasteiger charge is -2.35. The zero-order valence-corrected chi connectivity index (χ0v) is 11.1. The summed E-state index contributed by atoms with van der Waals surface area (Å²) in [5.41, 5.74) is 2.15. The number of carbonyl (C=O) groups is 1. The molecule has 0 radical (unpaired) electrons. The number of rotatable bonds is 3. The third-order valence-corrected chi connectivity index (χ3v) is 3.27. The number of hydrazine groups is 1. The molecule has 0 saturated carbocycles. The Morgan fingerprint density at radius 2 is 1.89 bits per heavy atom. The molecule has 96 valence electrons. The van der Waals surface area contributed by atoms with Crippen LogP contribution in [0, 0.1) is 0 Å². The van der Waals surface area contributed by atoms with E-state index in [9.17, 15) is 4.79 Å². The molecule has 0 heterocycles. The average Bonchev–Trinajstić information content (AvgIpc) is 2.40. The van der Waals surface area contributed by atoms with E-state index in [1.807, 2.05) is 42.4 Å². The van der Waals surface area contributed by atoms with Crippen molar-refractivity contribution in [2.45, 2.75) is 32.6 Å². The van der Waals surface area contributed by atoms with Gasteiger partial charge in [0.2, 0.25) is 5.91 Å². The zero-order chi connectivity index (χ0) is 13.0. The molecule has 0 N–H and O–H groups in total. The van der Waals surface area contributed by atoms with Crippen LogP contribution in [0.15, 0.2) is 42.1 Å². The van der Waals surface area contributed by atoms with Crippen molar-refractivity contribution in [3.8, 4) is 0 Å². The number of benzene rings is 1. The summed E-state index contributed by atoms with van der Waals surface area (Å²) >= 11 is 0. The maximum absolute atomic E-state index is 11.9. The van der Waals surface area contributed by atoms with Gasteiger partial charge in [0, 0.05) is 19.7 Å². The van der Waals surface area contributed by atoms with Crippen LogP contribution in [0.1, 0.15) is 32.6 Å². The summed E-state index contributed by atoms with van der Waals surface area (Å²) in [5, 5.41) is 3.72. The molecule has 0 aromatic heterocycles. The van der Waals surface area contributed by atoms with Gasteiger partial charge in [0.05, 0.1) is 5.69 Å². The van der Waals surface area contributed by atoms with Crippen LogP contribution in [0.2, 0.25) is 0 Å². The van der Waals surface area contributed by atoms with E-state index in [2.05, 4.69) is 6.08 Å². The first-order chi connectivity index (χ1) is 8.70. The Morgan fingerprint density at radius 3 is 2.44 bits per heavy atom. The molecule has 0 saturated heterocycles. The molecule has 1 aromatic rings. The first-order valence-corrected chi connectivity index (χ1v) is 6.48. The van der Waals surface area contributed by atoms with Gasteiger partial charge < -0.3 is 0 Å². The van der Waals surface area contributed by atoms with Crippen LogP contribution < -0.4 is 5.01 Å². The molecule has 1 aromatic carbocycles. The Bertz CT molecular complexity index is 439. The Hall–Kier alpha value is -1.77. The fourth-order valence-electron chi connectivity index (χ4n) is 2.38. The second-order valence-electron chi connectivity index (χ2n) is 4.63. The molecule has 1 aliphatic carbocycles. The summed E-state index contributed by atoms with van der Waals surface area (Å²) in [5.74, 6) is 0.0644. The molecule has 0 fully saturated rings. The summed E-state index contributed by atoms with van der Waals surface area (Å²) in [6.45, 7) is 1.62. The Morgan fingerprint density at radius 1 is 1.17 bits per heavy atom. The highest BCUT2D eigenvalue weighted by molar-refractivity contribution is 5.77. The van der Waals surface area contributed by atoms with Gasteiger partial charge in [-0.25, -0.2) is 5.01 Å². The maximum atomic E-state index is 11.9. The van der Waals surface area contributed by atoms with E-state index in [1.54, 1.807) is 11.9 Å². The van der Waals surface area contributed by atoms with Gasteiger partial charge in [0.15, 0.2) is 0 Å². The second-order valence-corrected chi connectivity index (χ2v) is 4.63. The van der Waals surface area contributed by atoms with Gasteiger partial charge in [0.1, 0.15) is 0 Å². The van der Waals surface area contributed by atoms with Crippen LogP contribution in [0.4, 0.5) is 5.69 Å². The summed E-state index contributed by atoms with van der Waals surface area (Å²) in [6.07, 6.45) is 6.63. The van der Waals surface area contributed by atoms with Crippen molar-refractivity contribution in [2.24, 2.45) is 0 Å². The van der Waals surface area contributed by atoms with Crippen molar-refractivity contribution in [3.05, 3.63) is 42.1 Å². The van der Waals surface area contributed by atoms with Crippen molar-refractivity contribution < 1.29 is 4.79 Å². The number of anilines is 1. The fourth-order valence-corrected chi connectivity index (χ4v) is 2.38. The van der Waals surface area contributed by atoms with Gasteiger partial charge in [-0.05, 0) is 37.8 Å². The number of amides is 1. The topological polar surface area (TPSA) is 23.6 Å². The first-order valence-electron chi connectivity index (χ1n) is 6.48. The van der Waals surface area contributed by atoms with Crippen LogP contribution >= 0.6 is 0 Å². The molecule has 0 spiro atoms. The van der Waals surface area contributed by atoms with Crippen LogP contribution in [0.3, 0.4) is 0 Å². The van der Waals surface area contributed by atoms with Crippen molar-refractivity contribution in [3.63, 3.8) is 0 Å². The summed E-state index contributed by atoms with van der Waals surface area (Å²) in [7, 11) is 1.94. The molecule has 3 heteroatoms. The number of para-hydroxylation sites is 1. The molecule has 18 heavy (non-hydrogen) atoms. The molecule has 0 aliphatic heterocycles. The highest BCUT2D eigenvalue weighted by Gasteiger charge is 2.20. The van der Waals surface area contributed by atoms with Crippen molar-refractivity contribution in [1.29, 1.82) is 0 Å². The van der Waals surface area contributed by atoms with E-state index in [0.717, 1.165) is 30.6 Å². The predicted molar refractivity (Wildman–Crippen MR) is 73.9 cm³/mol. The fraction of sp³-hybridized carbons (Fsp3) is 0.400. The number of nitrogens with zero attached hydrogens (tertiary/aromatic N) is 2. The molecule has 1 amide bonds. The van der Waals surface area contributed by atoms with Crippen LogP contribution in [0.25, 0.3) is 0 Å². The van der Waals surface area contributed by atoms with Crippen LogP contribution in [0.5, 0.6) is 0 Å². The van der Waals surface area contributed by atoms with Gasteiger partial charge in [0.25, 0.3) is 0 Å². The summed E-state index contributed by atoms with van der Waals surface area (Å²) in [6, 6.07) is 9.98. The van der Waals surface area contributed by atoms with E-state index in [1.165, 1.54) is 6.42 Å². The largest absolute Gasteiger partial charge is 0.282 e. The van der Waals surface area contributed by atoms with E-state index < -0.39 is 0 Å². The molecule has 0 unspecified atom stereocenters. The second kappa shape index (κ2) is 5.71. The number of carbonyl (C=O) groups excluding carboxylic acids is 1. The van der Waals surface area contributed by atoms with Crippen molar-refractivity contribution in [1.82, 2.24) is 5.01 Å². The van der Waals surface area contributed by atoms with E-state index in [-0.39, 0.29) is 5.91 Å². The Kier molecular flexibility index (Phi) is 4.03. The predicted octanol–water partition coefficient (Wildman–Crippen LogP) is 3.34. The third kappa shape index (κ3) is 2.73. The maximum Gasteiger partial charge on any atom is 0.242 e. The SMILES string of the molecule is CC(=O)N(C1=CCCCC1)N(C)c1ccccc1. The van der Waals surface area contributed by atoms with Crippen LogP contribution in [-0.4, -0.2) is 18.0 Å². The van der Waals surface area contributed by atoms with E-state index >= 15 is 0 Å². The lowest BCUT2D eigenvalue weighted by Crippen LogP contribution is -2.42. The molecular weight excluding hydrogens is 224 g/mol. The number of hydrogen-bond donors (Lipinski definition) is 0. The molecule has 3 nitrogen and oxygen atoms in total. The van der Waals surface area contributed by atoms with Crippen LogP contribution in [-0.2, 0) is 4.79 Å². The minimum absolute atomic E-state index is 0.0644. The molecule has 2 rings (SSSR count). The quantitative estimate of drug-likeness (QED) is 0.761. The average molecular weight is 244 g/mol. The highest BCUT2D eigenvalue weighted by atomic mass is 16.2. The molecule has 1 aliphatic rings. The van der Waals surface area contributed by atoms with Gasteiger partial charge in [-0.3, -0.25) is 9.80 Å². The van der Waals surface area contributed by atoms with Gasteiger partial charge in [-0.1, -0.05) is 24.3 Å². The van der Waals surface area contributed by atoms with E-state index in [4.69, 9.17) is 0 Å². The third-order valence-electron chi connectivity index (χ3n) is 3.27. The minimum atomic E-state index is 0.0644. The number of allylic oxidation sites excluding steroid dienone is 2. The van der Waals surface area contributed by atoms with Crippen molar-refractivity contribution >= 4 is 11.6 Å². The highest BCUT2D eigenvalue weighted by Crippen LogP contribution is 2.25. The first kappa shape index (κ1) is 12.7. The van der Waals surface area contributed by atoms with Crippen molar-refractivity contribution in [2.75, 3.05) is 12.1 Å². The number of hydrogen-bond acceptors (Lipinski definition) is 2. The summed E-state index contributed by atoms with van der Waals surface area (Å²) in [4.78, 5) is 11.9. The Balaban J connectivity index is 2.25. The molecular formula is C15H20N2O. The molecule has 0 atom stereocenters.